The van der Waals surface area contributed by atoms with Crippen molar-refractivity contribution in [2.45, 2.75) is 39.0 Å². The second-order valence-corrected chi connectivity index (χ2v) is 4.79. The van der Waals surface area contributed by atoms with Gasteiger partial charge in [-0.3, -0.25) is 4.90 Å². The third-order valence-corrected chi connectivity index (χ3v) is 3.40. The first-order chi connectivity index (χ1) is 7.86. The first kappa shape index (κ1) is 13.9. The van der Waals surface area contributed by atoms with Crippen molar-refractivity contribution in [3.8, 4) is 0 Å². The Morgan fingerprint density at radius 3 is 2.56 bits per heavy atom. The minimum absolute atomic E-state index is 0.366. The first-order valence-corrected chi connectivity index (χ1v) is 6.77. The van der Waals surface area contributed by atoms with Crippen LogP contribution in [0.5, 0.6) is 0 Å². The fourth-order valence-electron chi connectivity index (χ4n) is 2.33. The van der Waals surface area contributed by atoms with E-state index >= 15 is 0 Å². The molecule has 3 heteroatoms. The lowest BCUT2D eigenvalue weighted by molar-refractivity contribution is 0.0369. The Kier molecular flexibility index (Phi) is 7.81. The molecule has 1 heterocycles. The van der Waals surface area contributed by atoms with E-state index in [-0.39, 0.29) is 0 Å². The fourth-order valence-corrected chi connectivity index (χ4v) is 2.33. The highest BCUT2D eigenvalue weighted by Gasteiger charge is 2.10. The van der Waals surface area contributed by atoms with Gasteiger partial charge in [0.2, 0.25) is 0 Å². The van der Waals surface area contributed by atoms with Crippen LogP contribution in [-0.4, -0.2) is 49.5 Å². The summed E-state index contributed by atoms with van der Waals surface area (Å²) in [5.74, 6) is 0.537. The van der Waals surface area contributed by atoms with Crippen molar-refractivity contribution in [3.05, 3.63) is 0 Å². The van der Waals surface area contributed by atoms with Crippen LogP contribution in [0.3, 0.4) is 0 Å². The average molecular weight is 229 g/mol. The molecule has 96 valence electrons. The summed E-state index contributed by atoms with van der Waals surface area (Å²) in [7, 11) is 0. The summed E-state index contributed by atoms with van der Waals surface area (Å²) in [5, 5.41) is 9.18. The number of aliphatic hydroxyl groups excluding tert-OH is 1. The molecule has 0 aliphatic carbocycles. The molecule has 3 nitrogen and oxygen atoms in total. The van der Waals surface area contributed by atoms with Crippen molar-refractivity contribution in [2.24, 2.45) is 5.92 Å². The minimum Gasteiger partial charge on any atom is -0.396 e. The normalized spacial score (nSPS) is 19.9. The molecule has 0 saturated carbocycles. The zero-order valence-electron chi connectivity index (χ0n) is 10.7. The second-order valence-electron chi connectivity index (χ2n) is 4.79. The number of unbranched alkanes of at least 4 members (excludes halogenated alkanes) is 1. The van der Waals surface area contributed by atoms with E-state index in [2.05, 4.69) is 11.8 Å². The number of ether oxygens (including phenoxy) is 1. The van der Waals surface area contributed by atoms with Gasteiger partial charge in [0.25, 0.3) is 0 Å². The van der Waals surface area contributed by atoms with Gasteiger partial charge in [-0.25, -0.2) is 0 Å². The molecule has 1 aliphatic rings. The van der Waals surface area contributed by atoms with Gasteiger partial charge in [-0.1, -0.05) is 19.8 Å². The molecule has 0 bridgehead atoms. The molecule has 1 fully saturated rings. The van der Waals surface area contributed by atoms with E-state index in [1.807, 2.05) is 0 Å². The van der Waals surface area contributed by atoms with Crippen molar-refractivity contribution < 1.29 is 9.84 Å². The summed E-state index contributed by atoms with van der Waals surface area (Å²) in [6.07, 6.45) is 6.07. The van der Waals surface area contributed by atoms with Crippen LogP contribution in [0, 0.1) is 5.92 Å². The van der Waals surface area contributed by atoms with Crippen LogP contribution in [0.2, 0.25) is 0 Å². The Hall–Kier alpha value is -0.120. The molecular weight excluding hydrogens is 202 g/mol. The number of morpholine rings is 1. The van der Waals surface area contributed by atoms with E-state index in [4.69, 9.17) is 4.74 Å². The van der Waals surface area contributed by atoms with Gasteiger partial charge in [0.15, 0.2) is 0 Å². The van der Waals surface area contributed by atoms with Gasteiger partial charge in [-0.2, -0.15) is 0 Å². The monoisotopic (exact) mass is 229 g/mol. The second kappa shape index (κ2) is 8.97. The lowest BCUT2D eigenvalue weighted by atomic mass is 9.98. The van der Waals surface area contributed by atoms with Crippen LogP contribution in [-0.2, 0) is 4.74 Å². The average Bonchev–Trinajstić information content (AvgIpc) is 2.34. The maximum atomic E-state index is 9.18. The topological polar surface area (TPSA) is 32.7 Å². The van der Waals surface area contributed by atoms with Gasteiger partial charge >= 0.3 is 0 Å². The molecule has 0 unspecified atom stereocenters. The standard InChI is InChI=1S/C13H27NO2/c1-2-5-13(12-15)6-3-4-7-14-8-10-16-11-9-14/h13,15H,2-12H2,1H3/t13-/m0/s1. The third-order valence-electron chi connectivity index (χ3n) is 3.40. The Labute approximate surface area is 99.8 Å². The van der Waals surface area contributed by atoms with Crippen LogP contribution in [0.15, 0.2) is 0 Å². The quantitative estimate of drug-likeness (QED) is 0.645. The largest absolute Gasteiger partial charge is 0.396 e. The highest BCUT2D eigenvalue weighted by Crippen LogP contribution is 2.14. The molecule has 1 N–H and O–H groups in total. The van der Waals surface area contributed by atoms with E-state index < -0.39 is 0 Å². The van der Waals surface area contributed by atoms with E-state index in [9.17, 15) is 5.11 Å². The Balaban J connectivity index is 1.97. The summed E-state index contributed by atoms with van der Waals surface area (Å²) in [6, 6.07) is 0. The summed E-state index contributed by atoms with van der Waals surface area (Å²) < 4.78 is 5.32. The molecular formula is C13H27NO2. The van der Waals surface area contributed by atoms with Crippen LogP contribution >= 0.6 is 0 Å². The SMILES string of the molecule is CCC[C@H](CO)CCCCN1CCOCC1. The van der Waals surface area contributed by atoms with Gasteiger partial charge in [-0.05, 0) is 31.7 Å². The molecule has 1 aliphatic heterocycles. The van der Waals surface area contributed by atoms with Gasteiger partial charge in [0, 0.05) is 19.7 Å². The van der Waals surface area contributed by atoms with Gasteiger partial charge < -0.3 is 9.84 Å². The molecule has 0 aromatic carbocycles. The van der Waals surface area contributed by atoms with Crippen molar-refractivity contribution in [3.63, 3.8) is 0 Å². The predicted octanol–water partition coefficient (Wildman–Crippen LogP) is 1.90. The van der Waals surface area contributed by atoms with E-state index in [1.54, 1.807) is 0 Å². The lowest BCUT2D eigenvalue weighted by Gasteiger charge is -2.26. The third kappa shape index (κ3) is 5.83. The highest BCUT2D eigenvalue weighted by molar-refractivity contribution is 4.63. The molecule has 0 amide bonds. The van der Waals surface area contributed by atoms with Crippen LogP contribution in [0.1, 0.15) is 39.0 Å². The Morgan fingerprint density at radius 2 is 1.94 bits per heavy atom. The molecule has 0 radical (unpaired) electrons. The number of rotatable bonds is 8. The summed E-state index contributed by atoms with van der Waals surface area (Å²) in [5.41, 5.74) is 0. The number of aliphatic hydroxyl groups is 1. The van der Waals surface area contributed by atoms with E-state index in [0.717, 1.165) is 26.3 Å². The van der Waals surface area contributed by atoms with Crippen molar-refractivity contribution in [1.82, 2.24) is 4.90 Å². The summed E-state index contributed by atoms with van der Waals surface area (Å²) in [6.45, 7) is 7.75. The van der Waals surface area contributed by atoms with Crippen LogP contribution in [0.25, 0.3) is 0 Å². The fraction of sp³-hybridized carbons (Fsp3) is 1.00. The van der Waals surface area contributed by atoms with E-state index in [0.29, 0.717) is 12.5 Å². The van der Waals surface area contributed by atoms with Gasteiger partial charge in [0.05, 0.1) is 13.2 Å². The Bertz CT molecular complexity index is 151. The molecule has 0 aromatic rings. The highest BCUT2D eigenvalue weighted by atomic mass is 16.5. The Morgan fingerprint density at radius 1 is 1.19 bits per heavy atom. The van der Waals surface area contributed by atoms with Crippen LogP contribution in [0.4, 0.5) is 0 Å². The zero-order valence-corrected chi connectivity index (χ0v) is 10.7. The lowest BCUT2D eigenvalue weighted by Crippen LogP contribution is -2.36. The van der Waals surface area contributed by atoms with Crippen LogP contribution < -0.4 is 0 Å². The minimum atomic E-state index is 0.366. The van der Waals surface area contributed by atoms with Crippen molar-refractivity contribution in [2.75, 3.05) is 39.5 Å². The molecule has 1 atom stereocenters. The van der Waals surface area contributed by atoms with Gasteiger partial charge in [-0.15, -0.1) is 0 Å². The first-order valence-electron chi connectivity index (χ1n) is 6.77. The molecule has 0 aromatic heterocycles. The smallest absolute Gasteiger partial charge is 0.0594 e. The van der Waals surface area contributed by atoms with Crippen molar-refractivity contribution >= 4 is 0 Å². The summed E-state index contributed by atoms with van der Waals surface area (Å²) >= 11 is 0. The number of nitrogens with zero attached hydrogens (tertiary/aromatic N) is 1. The molecule has 1 rings (SSSR count). The van der Waals surface area contributed by atoms with Gasteiger partial charge in [0.1, 0.15) is 0 Å². The molecule has 1 saturated heterocycles. The number of hydrogen-bond acceptors (Lipinski definition) is 3. The molecule has 0 spiro atoms. The zero-order chi connectivity index (χ0) is 11.6. The number of hydrogen-bond donors (Lipinski definition) is 1. The van der Waals surface area contributed by atoms with E-state index in [1.165, 1.54) is 38.6 Å². The predicted molar refractivity (Wildman–Crippen MR) is 66.6 cm³/mol. The van der Waals surface area contributed by atoms with Crippen molar-refractivity contribution in [1.29, 1.82) is 0 Å². The maximum absolute atomic E-state index is 9.18. The summed E-state index contributed by atoms with van der Waals surface area (Å²) in [4.78, 5) is 2.48. The molecule has 16 heavy (non-hydrogen) atoms. The maximum Gasteiger partial charge on any atom is 0.0594 e.